The second-order valence-electron chi connectivity index (χ2n) is 6.31. The summed E-state index contributed by atoms with van der Waals surface area (Å²) < 4.78 is 5.17. The lowest BCUT2D eigenvalue weighted by molar-refractivity contribution is -0.123. The number of halogens is 1. The van der Waals surface area contributed by atoms with Gasteiger partial charge in [-0.2, -0.15) is 0 Å². The van der Waals surface area contributed by atoms with Crippen molar-refractivity contribution in [3.8, 4) is 5.75 Å². The summed E-state index contributed by atoms with van der Waals surface area (Å²) in [5, 5.41) is 6.49. The lowest BCUT2D eigenvalue weighted by Gasteiger charge is -2.22. The van der Waals surface area contributed by atoms with E-state index in [2.05, 4.69) is 10.6 Å². The van der Waals surface area contributed by atoms with Gasteiger partial charge in [-0.25, -0.2) is 0 Å². The van der Waals surface area contributed by atoms with Crippen LogP contribution in [0.2, 0.25) is 5.02 Å². The highest BCUT2D eigenvalue weighted by Crippen LogP contribution is 2.23. The topological polar surface area (TPSA) is 67.4 Å². The van der Waals surface area contributed by atoms with Crippen molar-refractivity contribution in [2.45, 2.75) is 38.8 Å². The number of ether oxygens (including phenoxy) is 1. The van der Waals surface area contributed by atoms with E-state index in [1.807, 2.05) is 43.3 Å². The zero-order valence-electron chi connectivity index (χ0n) is 15.8. The molecule has 0 spiro atoms. The number of carbonyl (C=O) groups is 2. The highest BCUT2D eigenvalue weighted by atomic mass is 35.5. The summed E-state index contributed by atoms with van der Waals surface area (Å²) >= 11 is 5.93. The Morgan fingerprint density at radius 2 is 1.52 bits per heavy atom. The molecule has 6 heteroatoms. The Hall–Kier alpha value is -2.53. The van der Waals surface area contributed by atoms with E-state index in [0.29, 0.717) is 5.02 Å². The Morgan fingerprint density at radius 3 is 2.04 bits per heavy atom. The number of rotatable bonds is 8. The van der Waals surface area contributed by atoms with Gasteiger partial charge in [0, 0.05) is 11.9 Å². The predicted molar refractivity (Wildman–Crippen MR) is 107 cm³/mol. The number of methoxy groups -OCH3 is 1. The molecule has 0 heterocycles. The minimum Gasteiger partial charge on any atom is -0.497 e. The molecule has 0 bridgehead atoms. The summed E-state index contributed by atoms with van der Waals surface area (Å²) in [6.45, 7) is 3.45. The van der Waals surface area contributed by atoms with Crippen molar-refractivity contribution in [1.82, 2.24) is 10.6 Å². The Labute approximate surface area is 165 Å². The van der Waals surface area contributed by atoms with Gasteiger partial charge in [-0.3, -0.25) is 9.59 Å². The van der Waals surface area contributed by atoms with Crippen LogP contribution in [0.1, 0.15) is 49.9 Å². The van der Waals surface area contributed by atoms with Crippen molar-refractivity contribution in [3.63, 3.8) is 0 Å². The Bertz CT molecular complexity index is 760. The van der Waals surface area contributed by atoms with E-state index in [1.54, 1.807) is 19.2 Å². The minimum atomic E-state index is -0.409. The molecular formula is C21H25ClN2O3. The van der Waals surface area contributed by atoms with Gasteiger partial charge >= 0.3 is 0 Å². The molecule has 2 amide bonds. The van der Waals surface area contributed by atoms with Crippen molar-refractivity contribution in [1.29, 1.82) is 0 Å². The van der Waals surface area contributed by atoms with Gasteiger partial charge in [0.1, 0.15) is 5.75 Å². The normalized spacial score (nSPS) is 12.7. The van der Waals surface area contributed by atoms with Crippen LogP contribution in [0, 0.1) is 0 Å². The van der Waals surface area contributed by atoms with Gasteiger partial charge in [0.15, 0.2) is 0 Å². The summed E-state index contributed by atoms with van der Waals surface area (Å²) in [5.41, 5.74) is 1.84. The molecule has 27 heavy (non-hydrogen) atoms. The second kappa shape index (κ2) is 9.97. The minimum absolute atomic E-state index is 0.105. The second-order valence-corrected chi connectivity index (χ2v) is 6.75. The van der Waals surface area contributed by atoms with Gasteiger partial charge < -0.3 is 15.4 Å². The fraction of sp³-hybridized carbons (Fsp3) is 0.333. The first-order valence-electron chi connectivity index (χ1n) is 8.88. The number of hydrogen-bond acceptors (Lipinski definition) is 3. The molecular weight excluding hydrogens is 364 g/mol. The number of carbonyl (C=O) groups excluding carboxylic acids is 2. The monoisotopic (exact) mass is 388 g/mol. The summed E-state index contributed by atoms with van der Waals surface area (Å²) in [5.74, 6) is 0.449. The summed E-state index contributed by atoms with van der Waals surface area (Å²) in [6, 6.07) is 14.2. The highest BCUT2D eigenvalue weighted by Gasteiger charge is 2.20. The fourth-order valence-corrected chi connectivity index (χ4v) is 3.01. The van der Waals surface area contributed by atoms with Crippen LogP contribution in [0.15, 0.2) is 48.5 Å². The van der Waals surface area contributed by atoms with Gasteiger partial charge in [0.05, 0.1) is 25.6 Å². The standard InChI is InChI=1S/C21H25ClN2O3/c1-4-19(15-7-11-18(27-3)12-8-15)24-21(26)13-20(23-14(2)25)16-5-9-17(22)10-6-16/h5-12,19-20H,4,13H2,1-3H3,(H,23,25)(H,24,26). The molecule has 0 saturated carbocycles. The van der Waals surface area contributed by atoms with Crippen LogP contribution in [-0.2, 0) is 9.59 Å². The molecule has 2 N–H and O–H groups in total. The van der Waals surface area contributed by atoms with Gasteiger partial charge in [-0.1, -0.05) is 42.8 Å². The third kappa shape index (κ3) is 6.29. The molecule has 0 saturated heterocycles. The number of amides is 2. The van der Waals surface area contributed by atoms with E-state index in [4.69, 9.17) is 16.3 Å². The molecule has 0 radical (unpaired) electrons. The van der Waals surface area contributed by atoms with Crippen LogP contribution >= 0.6 is 11.6 Å². The molecule has 0 aliphatic carbocycles. The first kappa shape index (κ1) is 20.8. The number of nitrogens with one attached hydrogen (secondary N) is 2. The summed E-state index contributed by atoms with van der Waals surface area (Å²) in [7, 11) is 1.62. The van der Waals surface area contributed by atoms with Crippen LogP contribution < -0.4 is 15.4 Å². The quantitative estimate of drug-likeness (QED) is 0.712. The van der Waals surface area contributed by atoms with Crippen molar-refractivity contribution >= 4 is 23.4 Å². The third-order valence-corrected chi connectivity index (χ3v) is 4.55. The smallest absolute Gasteiger partial charge is 0.222 e. The van der Waals surface area contributed by atoms with Gasteiger partial charge in [-0.05, 0) is 41.8 Å². The molecule has 0 aromatic heterocycles. The average Bonchev–Trinajstić information content (AvgIpc) is 2.66. The maximum Gasteiger partial charge on any atom is 0.222 e. The average molecular weight is 389 g/mol. The lowest BCUT2D eigenvalue weighted by Crippen LogP contribution is -2.34. The predicted octanol–water partition coefficient (Wildman–Crippen LogP) is 4.18. The Morgan fingerprint density at radius 1 is 0.963 bits per heavy atom. The molecule has 2 atom stereocenters. The molecule has 0 fully saturated rings. The van der Waals surface area contributed by atoms with E-state index in [0.717, 1.165) is 23.3 Å². The molecule has 2 aromatic rings. The Balaban J connectivity index is 2.08. The van der Waals surface area contributed by atoms with E-state index >= 15 is 0 Å². The SMILES string of the molecule is CCC(NC(=O)CC(NC(C)=O)c1ccc(Cl)cc1)c1ccc(OC)cc1. The van der Waals surface area contributed by atoms with Gasteiger partial charge in [-0.15, -0.1) is 0 Å². The van der Waals surface area contributed by atoms with Crippen LogP contribution in [0.25, 0.3) is 0 Å². The van der Waals surface area contributed by atoms with Crippen molar-refractivity contribution in [3.05, 3.63) is 64.7 Å². The maximum absolute atomic E-state index is 12.6. The van der Waals surface area contributed by atoms with Crippen LogP contribution in [0.3, 0.4) is 0 Å². The van der Waals surface area contributed by atoms with E-state index < -0.39 is 6.04 Å². The molecule has 144 valence electrons. The summed E-state index contributed by atoms with van der Waals surface area (Å²) in [6.07, 6.45) is 0.900. The maximum atomic E-state index is 12.6. The van der Waals surface area contributed by atoms with E-state index in [-0.39, 0.29) is 24.3 Å². The molecule has 2 aromatic carbocycles. The Kier molecular flexibility index (Phi) is 7.67. The molecule has 2 unspecified atom stereocenters. The van der Waals surface area contributed by atoms with E-state index in [9.17, 15) is 9.59 Å². The molecule has 2 rings (SSSR count). The molecule has 0 aliphatic rings. The van der Waals surface area contributed by atoms with Crippen molar-refractivity contribution in [2.75, 3.05) is 7.11 Å². The van der Waals surface area contributed by atoms with Crippen LogP contribution in [-0.4, -0.2) is 18.9 Å². The van der Waals surface area contributed by atoms with Crippen LogP contribution in [0.5, 0.6) is 5.75 Å². The first-order valence-corrected chi connectivity index (χ1v) is 9.26. The highest BCUT2D eigenvalue weighted by molar-refractivity contribution is 6.30. The summed E-state index contributed by atoms with van der Waals surface area (Å²) in [4.78, 5) is 24.2. The lowest BCUT2D eigenvalue weighted by atomic mass is 10.0. The first-order chi connectivity index (χ1) is 12.9. The van der Waals surface area contributed by atoms with Gasteiger partial charge in [0.2, 0.25) is 11.8 Å². The fourth-order valence-electron chi connectivity index (χ4n) is 2.89. The zero-order valence-corrected chi connectivity index (χ0v) is 16.5. The van der Waals surface area contributed by atoms with Crippen molar-refractivity contribution < 1.29 is 14.3 Å². The molecule has 0 aliphatic heterocycles. The number of benzene rings is 2. The van der Waals surface area contributed by atoms with Crippen molar-refractivity contribution in [2.24, 2.45) is 0 Å². The molecule has 5 nitrogen and oxygen atoms in total. The largest absolute Gasteiger partial charge is 0.497 e. The zero-order chi connectivity index (χ0) is 19.8. The van der Waals surface area contributed by atoms with Crippen LogP contribution in [0.4, 0.5) is 0 Å². The van der Waals surface area contributed by atoms with E-state index in [1.165, 1.54) is 6.92 Å². The number of hydrogen-bond donors (Lipinski definition) is 2. The third-order valence-electron chi connectivity index (χ3n) is 4.30. The van der Waals surface area contributed by atoms with Gasteiger partial charge in [0.25, 0.3) is 0 Å².